The highest BCUT2D eigenvalue weighted by atomic mass is 19.1. The van der Waals surface area contributed by atoms with Crippen molar-refractivity contribution < 1.29 is 9.18 Å². The van der Waals surface area contributed by atoms with Gasteiger partial charge in [-0.2, -0.15) is 0 Å². The molecule has 158 valence electrons. The van der Waals surface area contributed by atoms with Gasteiger partial charge in [0.2, 0.25) is 5.95 Å². The number of Topliss-reactive ketones (excluding diaryl/α,β-unsaturated/α-hetero) is 1. The molecule has 0 saturated carbocycles. The van der Waals surface area contributed by atoms with Gasteiger partial charge in [-0.05, 0) is 56.2 Å². The van der Waals surface area contributed by atoms with E-state index in [0.717, 1.165) is 37.0 Å². The number of fused-ring (bicyclic) bond motifs is 1. The quantitative estimate of drug-likeness (QED) is 0.658. The summed E-state index contributed by atoms with van der Waals surface area (Å²) in [5.41, 5.74) is 3.51. The van der Waals surface area contributed by atoms with Gasteiger partial charge in [-0.25, -0.2) is 14.4 Å². The van der Waals surface area contributed by atoms with Gasteiger partial charge in [0.25, 0.3) is 0 Å². The van der Waals surface area contributed by atoms with E-state index in [-0.39, 0.29) is 23.6 Å². The maximum Gasteiger partial charge on any atom is 0.225 e. The molecule has 31 heavy (non-hydrogen) atoms. The summed E-state index contributed by atoms with van der Waals surface area (Å²) >= 11 is 0. The van der Waals surface area contributed by atoms with Crippen LogP contribution in [0, 0.1) is 31.5 Å². The molecule has 0 amide bonds. The fourth-order valence-electron chi connectivity index (χ4n) is 4.85. The van der Waals surface area contributed by atoms with Crippen LogP contribution in [-0.2, 0) is 0 Å². The molecular formula is C24H24FN5O. The standard InChI is InChI=1S/C24H24FN5O/c1-14-9-15(2)29-24(28-14)30-12-16-11-27-22(20(16)13-30)23(31)18-7-6-17(25)10-19(18)21-5-3-4-8-26-21/h3-10,16,20,22,27H,11-13H2,1-2H3. The van der Waals surface area contributed by atoms with Crippen molar-refractivity contribution in [2.24, 2.45) is 11.8 Å². The van der Waals surface area contributed by atoms with E-state index in [1.54, 1.807) is 24.4 Å². The largest absolute Gasteiger partial charge is 0.340 e. The number of anilines is 1. The second kappa shape index (κ2) is 7.81. The Morgan fingerprint density at radius 3 is 2.65 bits per heavy atom. The number of nitrogens with one attached hydrogen (secondary N) is 1. The second-order valence-electron chi connectivity index (χ2n) is 8.43. The first kappa shape index (κ1) is 19.8. The van der Waals surface area contributed by atoms with Crippen molar-refractivity contribution in [3.05, 3.63) is 71.4 Å². The molecule has 2 aliphatic heterocycles. The highest BCUT2D eigenvalue weighted by Crippen LogP contribution is 2.35. The number of halogens is 1. The molecule has 1 N–H and O–H groups in total. The lowest BCUT2D eigenvalue weighted by atomic mass is 9.87. The number of carbonyl (C=O) groups is 1. The molecule has 3 unspecified atom stereocenters. The van der Waals surface area contributed by atoms with Crippen LogP contribution in [0.2, 0.25) is 0 Å². The van der Waals surface area contributed by atoms with Crippen LogP contribution in [-0.4, -0.2) is 46.4 Å². The molecule has 1 aromatic carbocycles. The number of hydrogen-bond acceptors (Lipinski definition) is 6. The van der Waals surface area contributed by atoms with Gasteiger partial charge in [0.15, 0.2) is 5.78 Å². The lowest BCUT2D eigenvalue weighted by molar-refractivity contribution is 0.0931. The summed E-state index contributed by atoms with van der Waals surface area (Å²) in [5.74, 6) is 0.828. The second-order valence-corrected chi connectivity index (χ2v) is 8.43. The Labute approximate surface area is 180 Å². The molecule has 0 aliphatic carbocycles. The van der Waals surface area contributed by atoms with Crippen LogP contribution in [0.5, 0.6) is 0 Å². The topological polar surface area (TPSA) is 71.0 Å². The van der Waals surface area contributed by atoms with Crippen molar-refractivity contribution >= 4 is 11.7 Å². The Balaban J connectivity index is 1.43. The molecule has 7 heteroatoms. The number of benzene rings is 1. The highest BCUT2D eigenvalue weighted by Gasteiger charge is 2.46. The average molecular weight is 417 g/mol. The average Bonchev–Trinajstić information content (AvgIpc) is 3.34. The minimum Gasteiger partial charge on any atom is -0.340 e. The fraction of sp³-hybridized carbons (Fsp3) is 0.333. The van der Waals surface area contributed by atoms with Crippen molar-refractivity contribution in [2.45, 2.75) is 19.9 Å². The van der Waals surface area contributed by atoms with E-state index < -0.39 is 0 Å². The summed E-state index contributed by atoms with van der Waals surface area (Å²) in [5, 5.41) is 3.41. The molecule has 2 aliphatic rings. The minimum absolute atomic E-state index is 0.0173. The number of rotatable bonds is 4. The van der Waals surface area contributed by atoms with E-state index in [0.29, 0.717) is 22.7 Å². The third-order valence-electron chi connectivity index (χ3n) is 6.24. The van der Waals surface area contributed by atoms with Gasteiger partial charge in [-0.3, -0.25) is 9.78 Å². The van der Waals surface area contributed by atoms with Crippen LogP contribution in [0.3, 0.4) is 0 Å². The molecule has 5 rings (SSSR count). The third kappa shape index (κ3) is 3.70. The Morgan fingerprint density at radius 1 is 1.10 bits per heavy atom. The predicted octanol–water partition coefficient (Wildman–Crippen LogP) is 3.20. The van der Waals surface area contributed by atoms with Crippen molar-refractivity contribution in [3.63, 3.8) is 0 Å². The normalized spacial score (nSPS) is 22.5. The van der Waals surface area contributed by atoms with Crippen molar-refractivity contribution in [1.82, 2.24) is 20.3 Å². The van der Waals surface area contributed by atoms with E-state index in [1.807, 2.05) is 26.0 Å². The molecule has 2 saturated heterocycles. The molecule has 3 atom stereocenters. The molecule has 4 heterocycles. The van der Waals surface area contributed by atoms with Gasteiger partial charge in [0.05, 0.1) is 11.7 Å². The van der Waals surface area contributed by atoms with Crippen LogP contribution < -0.4 is 10.2 Å². The number of aromatic nitrogens is 3. The van der Waals surface area contributed by atoms with Gasteiger partial charge < -0.3 is 10.2 Å². The van der Waals surface area contributed by atoms with E-state index in [1.165, 1.54) is 12.1 Å². The minimum atomic E-state index is -0.381. The van der Waals surface area contributed by atoms with Crippen molar-refractivity contribution in [2.75, 3.05) is 24.5 Å². The van der Waals surface area contributed by atoms with E-state index >= 15 is 0 Å². The van der Waals surface area contributed by atoms with Gasteiger partial charge >= 0.3 is 0 Å². The summed E-state index contributed by atoms with van der Waals surface area (Å²) in [4.78, 5) is 29.3. The van der Waals surface area contributed by atoms with Crippen molar-refractivity contribution in [3.8, 4) is 11.3 Å². The zero-order chi connectivity index (χ0) is 21.5. The van der Waals surface area contributed by atoms with Gasteiger partial charge in [-0.1, -0.05) is 6.07 Å². The molecule has 6 nitrogen and oxygen atoms in total. The molecule has 2 fully saturated rings. The molecule has 0 bridgehead atoms. The van der Waals surface area contributed by atoms with Crippen LogP contribution in [0.25, 0.3) is 11.3 Å². The van der Waals surface area contributed by atoms with E-state index in [2.05, 4.69) is 25.2 Å². The van der Waals surface area contributed by atoms with Crippen LogP contribution in [0.15, 0.2) is 48.7 Å². The summed E-state index contributed by atoms with van der Waals surface area (Å²) in [7, 11) is 0. The zero-order valence-corrected chi connectivity index (χ0v) is 17.5. The lowest BCUT2D eigenvalue weighted by Crippen LogP contribution is -2.39. The monoisotopic (exact) mass is 417 g/mol. The predicted molar refractivity (Wildman–Crippen MR) is 116 cm³/mol. The number of nitrogens with zero attached hydrogens (tertiary/aromatic N) is 4. The number of pyridine rings is 1. The summed E-state index contributed by atoms with van der Waals surface area (Å²) in [6.45, 7) is 6.24. The molecule has 3 aromatic rings. The Bertz CT molecular complexity index is 1120. The zero-order valence-electron chi connectivity index (χ0n) is 17.5. The van der Waals surface area contributed by atoms with E-state index in [4.69, 9.17) is 0 Å². The lowest BCUT2D eigenvalue weighted by Gasteiger charge is -2.22. The first-order valence-corrected chi connectivity index (χ1v) is 10.6. The van der Waals surface area contributed by atoms with Gasteiger partial charge in [0.1, 0.15) is 5.82 Å². The first-order valence-electron chi connectivity index (χ1n) is 10.6. The van der Waals surface area contributed by atoms with Crippen LogP contribution >= 0.6 is 0 Å². The van der Waals surface area contributed by atoms with Crippen LogP contribution in [0.4, 0.5) is 10.3 Å². The van der Waals surface area contributed by atoms with Crippen molar-refractivity contribution in [1.29, 1.82) is 0 Å². The summed E-state index contributed by atoms with van der Waals surface area (Å²) in [6, 6.07) is 11.4. The SMILES string of the molecule is Cc1cc(C)nc(N2CC3CNC(C(=O)c4ccc(F)cc4-c4ccccn4)C3C2)n1. The Morgan fingerprint density at radius 2 is 1.90 bits per heavy atom. The Kier molecular flexibility index (Phi) is 4.98. The maximum atomic E-state index is 14.0. The first-order chi connectivity index (χ1) is 15.0. The maximum absolute atomic E-state index is 14.0. The number of carbonyl (C=O) groups excluding carboxylic acids is 1. The summed E-state index contributed by atoms with van der Waals surface area (Å²) < 4.78 is 14.0. The number of hydrogen-bond donors (Lipinski definition) is 1. The molecule has 0 radical (unpaired) electrons. The van der Waals surface area contributed by atoms with E-state index in [9.17, 15) is 9.18 Å². The molecule has 2 aromatic heterocycles. The number of ketones is 1. The third-order valence-corrected chi connectivity index (χ3v) is 6.24. The highest BCUT2D eigenvalue weighted by molar-refractivity contribution is 6.05. The smallest absolute Gasteiger partial charge is 0.225 e. The Hall–Kier alpha value is -3.19. The molecule has 0 spiro atoms. The van der Waals surface area contributed by atoms with Crippen LogP contribution in [0.1, 0.15) is 21.7 Å². The summed E-state index contributed by atoms with van der Waals surface area (Å²) in [6.07, 6.45) is 1.65. The fourth-order valence-corrected chi connectivity index (χ4v) is 4.85. The van der Waals surface area contributed by atoms with Gasteiger partial charge in [0, 0.05) is 54.3 Å². The van der Waals surface area contributed by atoms with Gasteiger partial charge in [-0.15, -0.1) is 0 Å². The number of aryl methyl sites for hydroxylation is 2. The molecular weight excluding hydrogens is 393 g/mol.